The van der Waals surface area contributed by atoms with E-state index >= 15 is 0 Å². The fourth-order valence-electron chi connectivity index (χ4n) is 1.57. The van der Waals surface area contributed by atoms with Gasteiger partial charge in [0.05, 0.1) is 0 Å². The SMILES string of the molecule is CC(N)Cc1ccnc(-c2ccccc2)n1. The van der Waals surface area contributed by atoms with Crippen molar-refractivity contribution in [2.45, 2.75) is 19.4 Å². The van der Waals surface area contributed by atoms with Gasteiger partial charge >= 0.3 is 0 Å². The van der Waals surface area contributed by atoms with Gasteiger partial charge < -0.3 is 5.73 Å². The van der Waals surface area contributed by atoms with E-state index in [1.54, 1.807) is 6.20 Å². The first-order chi connectivity index (χ1) is 7.75. The van der Waals surface area contributed by atoms with Gasteiger partial charge in [-0.05, 0) is 13.0 Å². The standard InChI is InChI=1S/C13H15N3/c1-10(14)9-12-7-8-15-13(16-12)11-5-3-2-4-6-11/h2-8,10H,9,14H2,1H3. The van der Waals surface area contributed by atoms with E-state index in [4.69, 9.17) is 5.73 Å². The summed E-state index contributed by atoms with van der Waals surface area (Å²) in [6, 6.07) is 12.0. The zero-order valence-electron chi connectivity index (χ0n) is 9.30. The topological polar surface area (TPSA) is 51.8 Å². The molecule has 2 aromatic rings. The lowest BCUT2D eigenvalue weighted by molar-refractivity contribution is 0.720. The molecule has 0 spiro atoms. The Morgan fingerprint density at radius 1 is 1.19 bits per heavy atom. The predicted molar refractivity (Wildman–Crippen MR) is 64.8 cm³/mol. The van der Waals surface area contributed by atoms with Gasteiger partial charge in [-0.25, -0.2) is 9.97 Å². The maximum atomic E-state index is 5.75. The van der Waals surface area contributed by atoms with Gasteiger partial charge in [0, 0.05) is 29.9 Å². The van der Waals surface area contributed by atoms with Crippen LogP contribution in [0.1, 0.15) is 12.6 Å². The molecule has 3 heteroatoms. The average Bonchev–Trinajstić information content (AvgIpc) is 2.30. The Labute approximate surface area is 95.4 Å². The first-order valence-electron chi connectivity index (χ1n) is 5.38. The summed E-state index contributed by atoms with van der Waals surface area (Å²) in [4.78, 5) is 8.76. The van der Waals surface area contributed by atoms with Crippen LogP contribution in [0.25, 0.3) is 11.4 Å². The van der Waals surface area contributed by atoms with Crippen molar-refractivity contribution in [2.75, 3.05) is 0 Å². The van der Waals surface area contributed by atoms with E-state index in [1.165, 1.54) is 0 Å². The summed E-state index contributed by atoms with van der Waals surface area (Å²) in [6.07, 6.45) is 2.56. The van der Waals surface area contributed by atoms with Crippen molar-refractivity contribution in [3.63, 3.8) is 0 Å². The quantitative estimate of drug-likeness (QED) is 0.848. The molecule has 0 aliphatic carbocycles. The molecule has 16 heavy (non-hydrogen) atoms. The Morgan fingerprint density at radius 3 is 2.62 bits per heavy atom. The van der Waals surface area contributed by atoms with Crippen LogP contribution in [0.15, 0.2) is 42.6 Å². The normalized spacial score (nSPS) is 12.4. The molecular weight excluding hydrogens is 198 g/mol. The van der Waals surface area contributed by atoms with Gasteiger partial charge in [0.1, 0.15) is 0 Å². The van der Waals surface area contributed by atoms with Crippen LogP contribution in [0, 0.1) is 0 Å². The highest BCUT2D eigenvalue weighted by Gasteiger charge is 2.03. The second-order valence-corrected chi connectivity index (χ2v) is 3.92. The monoisotopic (exact) mass is 213 g/mol. The third kappa shape index (κ3) is 2.64. The molecule has 1 unspecified atom stereocenters. The highest BCUT2D eigenvalue weighted by Crippen LogP contribution is 2.13. The lowest BCUT2D eigenvalue weighted by Crippen LogP contribution is -2.18. The number of hydrogen-bond acceptors (Lipinski definition) is 3. The Morgan fingerprint density at radius 2 is 1.94 bits per heavy atom. The molecule has 2 rings (SSSR count). The average molecular weight is 213 g/mol. The Kier molecular flexibility index (Phi) is 3.27. The van der Waals surface area contributed by atoms with E-state index in [1.807, 2.05) is 43.3 Å². The molecule has 0 bridgehead atoms. The summed E-state index contributed by atoms with van der Waals surface area (Å²) in [5.74, 6) is 0.763. The summed E-state index contributed by atoms with van der Waals surface area (Å²) in [7, 11) is 0. The smallest absolute Gasteiger partial charge is 0.159 e. The number of benzene rings is 1. The molecule has 3 nitrogen and oxygen atoms in total. The lowest BCUT2D eigenvalue weighted by Gasteiger charge is -2.05. The molecule has 0 aliphatic rings. The number of nitrogens with two attached hydrogens (primary N) is 1. The van der Waals surface area contributed by atoms with E-state index in [2.05, 4.69) is 9.97 Å². The van der Waals surface area contributed by atoms with Gasteiger partial charge in [-0.3, -0.25) is 0 Å². The molecule has 1 heterocycles. The molecule has 1 aromatic heterocycles. The molecule has 1 aromatic carbocycles. The highest BCUT2D eigenvalue weighted by atomic mass is 14.9. The van der Waals surface area contributed by atoms with Gasteiger partial charge in [0.25, 0.3) is 0 Å². The van der Waals surface area contributed by atoms with Crippen molar-refractivity contribution < 1.29 is 0 Å². The van der Waals surface area contributed by atoms with E-state index in [-0.39, 0.29) is 6.04 Å². The first kappa shape index (κ1) is 10.8. The fourth-order valence-corrected chi connectivity index (χ4v) is 1.57. The fraction of sp³-hybridized carbons (Fsp3) is 0.231. The molecule has 0 saturated heterocycles. The molecular formula is C13H15N3. The van der Waals surface area contributed by atoms with Gasteiger partial charge in [-0.2, -0.15) is 0 Å². The number of aromatic nitrogens is 2. The maximum Gasteiger partial charge on any atom is 0.159 e. The molecule has 82 valence electrons. The summed E-state index contributed by atoms with van der Waals surface area (Å²) in [5.41, 5.74) is 7.78. The zero-order chi connectivity index (χ0) is 11.4. The zero-order valence-corrected chi connectivity index (χ0v) is 9.30. The van der Waals surface area contributed by atoms with Crippen LogP contribution in [0.5, 0.6) is 0 Å². The third-order valence-corrected chi connectivity index (χ3v) is 2.28. The van der Waals surface area contributed by atoms with E-state index < -0.39 is 0 Å². The second-order valence-electron chi connectivity index (χ2n) is 3.92. The lowest BCUT2D eigenvalue weighted by atomic mass is 10.1. The maximum absolute atomic E-state index is 5.75. The first-order valence-corrected chi connectivity index (χ1v) is 5.38. The van der Waals surface area contributed by atoms with Crippen LogP contribution < -0.4 is 5.73 Å². The molecule has 0 radical (unpaired) electrons. The van der Waals surface area contributed by atoms with Crippen LogP contribution in [-0.4, -0.2) is 16.0 Å². The molecule has 2 N–H and O–H groups in total. The van der Waals surface area contributed by atoms with Crippen molar-refractivity contribution in [1.29, 1.82) is 0 Å². The number of hydrogen-bond donors (Lipinski definition) is 1. The van der Waals surface area contributed by atoms with Gasteiger partial charge in [-0.1, -0.05) is 30.3 Å². The second kappa shape index (κ2) is 4.86. The number of rotatable bonds is 3. The Balaban J connectivity index is 2.29. The van der Waals surface area contributed by atoms with Crippen molar-refractivity contribution in [3.05, 3.63) is 48.3 Å². The van der Waals surface area contributed by atoms with E-state index in [0.717, 1.165) is 23.5 Å². The van der Waals surface area contributed by atoms with E-state index in [0.29, 0.717) is 0 Å². The van der Waals surface area contributed by atoms with Crippen molar-refractivity contribution in [1.82, 2.24) is 9.97 Å². The molecule has 0 aliphatic heterocycles. The summed E-state index contributed by atoms with van der Waals surface area (Å²) >= 11 is 0. The summed E-state index contributed by atoms with van der Waals surface area (Å²) < 4.78 is 0. The highest BCUT2D eigenvalue weighted by molar-refractivity contribution is 5.54. The van der Waals surface area contributed by atoms with Crippen molar-refractivity contribution in [2.24, 2.45) is 5.73 Å². The number of nitrogens with zero attached hydrogens (tertiary/aromatic N) is 2. The summed E-state index contributed by atoms with van der Waals surface area (Å²) in [6.45, 7) is 1.98. The molecule has 0 amide bonds. The van der Waals surface area contributed by atoms with Crippen LogP contribution >= 0.6 is 0 Å². The van der Waals surface area contributed by atoms with Gasteiger partial charge in [-0.15, -0.1) is 0 Å². The minimum absolute atomic E-state index is 0.124. The van der Waals surface area contributed by atoms with Crippen molar-refractivity contribution >= 4 is 0 Å². The molecule has 0 saturated carbocycles. The minimum Gasteiger partial charge on any atom is -0.328 e. The predicted octanol–water partition coefficient (Wildman–Crippen LogP) is 2.03. The van der Waals surface area contributed by atoms with Crippen molar-refractivity contribution in [3.8, 4) is 11.4 Å². The summed E-state index contributed by atoms with van der Waals surface area (Å²) in [5, 5.41) is 0. The molecule has 0 fully saturated rings. The third-order valence-electron chi connectivity index (χ3n) is 2.28. The Hall–Kier alpha value is -1.74. The van der Waals surface area contributed by atoms with Gasteiger partial charge in [0.2, 0.25) is 0 Å². The van der Waals surface area contributed by atoms with E-state index in [9.17, 15) is 0 Å². The largest absolute Gasteiger partial charge is 0.328 e. The van der Waals surface area contributed by atoms with Crippen LogP contribution in [0.2, 0.25) is 0 Å². The molecule has 1 atom stereocenters. The van der Waals surface area contributed by atoms with Crippen LogP contribution in [-0.2, 0) is 6.42 Å². The van der Waals surface area contributed by atoms with Gasteiger partial charge in [0.15, 0.2) is 5.82 Å². The van der Waals surface area contributed by atoms with Crippen LogP contribution in [0.3, 0.4) is 0 Å². The minimum atomic E-state index is 0.124. The Bertz CT molecular complexity index is 452. The van der Waals surface area contributed by atoms with Crippen LogP contribution in [0.4, 0.5) is 0 Å².